The van der Waals surface area contributed by atoms with Gasteiger partial charge in [0.05, 0.1) is 0 Å². The van der Waals surface area contributed by atoms with Gasteiger partial charge in [0.25, 0.3) is 5.89 Å². The van der Waals surface area contributed by atoms with Crippen LogP contribution < -0.4 is 10.5 Å². The van der Waals surface area contributed by atoms with Crippen LogP contribution in [0.3, 0.4) is 0 Å². The molecule has 1 aliphatic carbocycles. The van der Waals surface area contributed by atoms with E-state index in [9.17, 15) is 4.39 Å². The van der Waals surface area contributed by atoms with Crippen molar-refractivity contribution in [2.75, 3.05) is 0 Å². The lowest BCUT2D eigenvalue weighted by atomic mass is 10.1. The molecule has 0 spiro atoms. The highest BCUT2D eigenvalue weighted by atomic mass is 19.1. The molecule has 0 saturated heterocycles. The van der Waals surface area contributed by atoms with Gasteiger partial charge in [-0.2, -0.15) is 4.98 Å². The molecule has 1 saturated carbocycles. The first-order valence-electron chi connectivity index (χ1n) is 6.64. The van der Waals surface area contributed by atoms with E-state index in [0.29, 0.717) is 23.1 Å². The van der Waals surface area contributed by atoms with E-state index in [1.807, 2.05) is 0 Å². The Kier molecular flexibility index (Phi) is 3.40. The number of rotatable bonds is 5. The van der Waals surface area contributed by atoms with Crippen molar-refractivity contribution in [1.82, 2.24) is 10.1 Å². The van der Waals surface area contributed by atoms with Gasteiger partial charge in [-0.1, -0.05) is 11.2 Å². The molecule has 1 atom stereocenters. The average molecular weight is 277 g/mol. The van der Waals surface area contributed by atoms with Crippen molar-refractivity contribution in [3.63, 3.8) is 0 Å². The summed E-state index contributed by atoms with van der Waals surface area (Å²) < 4.78 is 24.3. The fourth-order valence-electron chi connectivity index (χ4n) is 1.95. The Labute approximate surface area is 115 Å². The Balaban J connectivity index is 1.63. The summed E-state index contributed by atoms with van der Waals surface area (Å²) >= 11 is 0. The van der Waals surface area contributed by atoms with Crippen LogP contribution >= 0.6 is 0 Å². The van der Waals surface area contributed by atoms with E-state index in [1.165, 1.54) is 6.07 Å². The fraction of sp³-hybridized carbons (Fsp3) is 0.429. The monoisotopic (exact) mass is 277 g/mol. The van der Waals surface area contributed by atoms with Crippen molar-refractivity contribution < 1.29 is 13.7 Å². The largest absolute Gasteiger partial charge is 0.484 e. The highest BCUT2D eigenvalue weighted by Crippen LogP contribution is 2.38. The van der Waals surface area contributed by atoms with Gasteiger partial charge in [0.2, 0.25) is 0 Å². The normalized spacial score (nSPS) is 16.1. The standard InChI is InChI=1S/C14H16FN3O2/c1-8(16)11-5-4-10(6-12(11)15)19-7-13-17-14(18-20-13)9-2-3-9/h4-6,8-9H,2-3,7,16H2,1H3. The molecule has 1 aromatic heterocycles. The van der Waals surface area contributed by atoms with Crippen molar-refractivity contribution in [3.8, 4) is 5.75 Å². The molecule has 6 heteroatoms. The highest BCUT2D eigenvalue weighted by molar-refractivity contribution is 5.30. The van der Waals surface area contributed by atoms with Gasteiger partial charge >= 0.3 is 0 Å². The second-order valence-corrected chi connectivity index (χ2v) is 5.08. The van der Waals surface area contributed by atoms with Crippen LogP contribution in [0.2, 0.25) is 0 Å². The molecule has 20 heavy (non-hydrogen) atoms. The van der Waals surface area contributed by atoms with Crippen molar-refractivity contribution >= 4 is 0 Å². The topological polar surface area (TPSA) is 74.2 Å². The highest BCUT2D eigenvalue weighted by Gasteiger charge is 2.28. The number of ether oxygens (including phenoxy) is 1. The molecule has 2 aromatic rings. The zero-order valence-electron chi connectivity index (χ0n) is 11.2. The minimum Gasteiger partial charge on any atom is -0.484 e. The average Bonchev–Trinajstić information content (AvgIpc) is 3.15. The zero-order chi connectivity index (χ0) is 14.1. The van der Waals surface area contributed by atoms with Crippen molar-refractivity contribution in [2.45, 2.75) is 38.3 Å². The van der Waals surface area contributed by atoms with Crippen LogP contribution in [0.15, 0.2) is 22.7 Å². The van der Waals surface area contributed by atoms with E-state index in [2.05, 4.69) is 10.1 Å². The Morgan fingerprint density at radius 1 is 1.50 bits per heavy atom. The molecule has 1 aliphatic rings. The van der Waals surface area contributed by atoms with E-state index in [0.717, 1.165) is 18.7 Å². The van der Waals surface area contributed by atoms with Gasteiger partial charge in [0, 0.05) is 23.6 Å². The molecule has 0 amide bonds. The molecular weight excluding hydrogens is 261 g/mol. The maximum Gasteiger partial charge on any atom is 0.264 e. The first-order chi connectivity index (χ1) is 9.63. The van der Waals surface area contributed by atoms with Gasteiger partial charge < -0.3 is 15.0 Å². The van der Waals surface area contributed by atoms with Crippen LogP contribution in [-0.2, 0) is 6.61 Å². The molecule has 0 radical (unpaired) electrons. The molecule has 2 N–H and O–H groups in total. The quantitative estimate of drug-likeness (QED) is 0.909. The summed E-state index contributed by atoms with van der Waals surface area (Å²) in [4.78, 5) is 4.24. The minimum absolute atomic E-state index is 0.136. The number of nitrogens with zero attached hydrogens (tertiary/aromatic N) is 2. The number of nitrogens with two attached hydrogens (primary N) is 1. The molecule has 1 heterocycles. The van der Waals surface area contributed by atoms with Gasteiger partial charge in [-0.25, -0.2) is 4.39 Å². The van der Waals surface area contributed by atoms with Crippen LogP contribution in [0.4, 0.5) is 4.39 Å². The summed E-state index contributed by atoms with van der Waals surface area (Å²) in [5, 5.41) is 3.89. The third-order valence-electron chi connectivity index (χ3n) is 3.25. The third kappa shape index (κ3) is 2.80. The predicted molar refractivity (Wildman–Crippen MR) is 69.6 cm³/mol. The molecule has 5 nitrogen and oxygen atoms in total. The number of aromatic nitrogens is 2. The second kappa shape index (κ2) is 5.20. The lowest BCUT2D eigenvalue weighted by Crippen LogP contribution is -2.07. The maximum absolute atomic E-state index is 13.7. The minimum atomic E-state index is -0.373. The maximum atomic E-state index is 13.7. The first kappa shape index (κ1) is 13.1. The molecule has 106 valence electrons. The van der Waals surface area contributed by atoms with Gasteiger partial charge in [0.15, 0.2) is 12.4 Å². The first-order valence-corrected chi connectivity index (χ1v) is 6.64. The number of halogens is 1. The Hall–Kier alpha value is -1.95. The SMILES string of the molecule is CC(N)c1ccc(OCc2nc(C3CC3)no2)cc1F. The Bertz CT molecular complexity index is 608. The van der Waals surface area contributed by atoms with Gasteiger partial charge in [-0.15, -0.1) is 0 Å². The van der Waals surface area contributed by atoms with E-state index >= 15 is 0 Å². The predicted octanol–water partition coefficient (Wildman–Crippen LogP) is 2.68. The Morgan fingerprint density at radius 2 is 2.30 bits per heavy atom. The van der Waals surface area contributed by atoms with Crippen LogP contribution in [-0.4, -0.2) is 10.1 Å². The van der Waals surface area contributed by atoms with Crippen molar-refractivity contribution in [1.29, 1.82) is 0 Å². The second-order valence-electron chi connectivity index (χ2n) is 5.08. The summed E-state index contributed by atoms with van der Waals surface area (Å²) in [5.74, 6) is 1.63. The van der Waals surface area contributed by atoms with E-state index in [4.69, 9.17) is 15.0 Å². The summed E-state index contributed by atoms with van der Waals surface area (Å²) in [6.07, 6.45) is 2.23. The van der Waals surface area contributed by atoms with Crippen LogP contribution in [0, 0.1) is 5.82 Å². The van der Waals surface area contributed by atoms with Gasteiger partial charge in [-0.05, 0) is 25.8 Å². The number of benzene rings is 1. The molecule has 0 bridgehead atoms. The third-order valence-corrected chi connectivity index (χ3v) is 3.25. The van der Waals surface area contributed by atoms with Crippen molar-refractivity contribution in [2.24, 2.45) is 5.73 Å². The zero-order valence-corrected chi connectivity index (χ0v) is 11.2. The molecule has 1 unspecified atom stereocenters. The number of hydrogen-bond donors (Lipinski definition) is 1. The number of hydrogen-bond acceptors (Lipinski definition) is 5. The van der Waals surface area contributed by atoms with Crippen LogP contribution in [0.1, 0.15) is 49.0 Å². The summed E-state index contributed by atoms with van der Waals surface area (Å²) in [5.41, 5.74) is 6.12. The molecule has 1 aromatic carbocycles. The van der Waals surface area contributed by atoms with E-state index < -0.39 is 0 Å². The molecule has 1 fully saturated rings. The van der Waals surface area contributed by atoms with E-state index in [1.54, 1.807) is 19.1 Å². The van der Waals surface area contributed by atoms with E-state index in [-0.39, 0.29) is 18.5 Å². The van der Waals surface area contributed by atoms with Crippen LogP contribution in [0.5, 0.6) is 5.75 Å². The Morgan fingerprint density at radius 3 is 2.95 bits per heavy atom. The smallest absolute Gasteiger partial charge is 0.264 e. The summed E-state index contributed by atoms with van der Waals surface area (Å²) in [7, 11) is 0. The fourth-order valence-corrected chi connectivity index (χ4v) is 1.95. The molecule has 0 aliphatic heterocycles. The summed E-state index contributed by atoms with van der Waals surface area (Å²) in [6, 6.07) is 4.27. The van der Waals surface area contributed by atoms with Crippen LogP contribution in [0.25, 0.3) is 0 Å². The molecule has 3 rings (SSSR count). The molecular formula is C14H16FN3O2. The van der Waals surface area contributed by atoms with Crippen molar-refractivity contribution in [3.05, 3.63) is 41.3 Å². The van der Waals surface area contributed by atoms with Gasteiger partial charge in [0.1, 0.15) is 11.6 Å². The lowest BCUT2D eigenvalue weighted by Gasteiger charge is -2.09. The lowest BCUT2D eigenvalue weighted by molar-refractivity contribution is 0.241. The summed E-state index contributed by atoms with van der Waals surface area (Å²) in [6.45, 7) is 1.87. The van der Waals surface area contributed by atoms with Gasteiger partial charge in [-0.3, -0.25) is 0 Å².